The summed E-state index contributed by atoms with van der Waals surface area (Å²) in [7, 11) is 0. The highest BCUT2D eigenvalue weighted by Gasteiger charge is 2.01. The second-order valence-corrected chi connectivity index (χ2v) is 4.28. The van der Waals surface area contributed by atoms with Crippen LogP contribution in [0.15, 0.2) is 24.3 Å². The molecule has 1 aromatic rings. The summed E-state index contributed by atoms with van der Waals surface area (Å²) in [6, 6.07) is 6.92. The molecule has 0 radical (unpaired) electrons. The van der Waals surface area contributed by atoms with Gasteiger partial charge < -0.3 is 15.4 Å². The van der Waals surface area contributed by atoms with Gasteiger partial charge in [0.05, 0.1) is 0 Å². The molecule has 2 N–H and O–H groups in total. The first kappa shape index (κ1) is 18.0. The second kappa shape index (κ2) is 10.9. The molecule has 0 aliphatic rings. The molecule has 0 saturated carbocycles. The molecule has 6 heteroatoms. The molecule has 0 aromatic heterocycles. The summed E-state index contributed by atoms with van der Waals surface area (Å²) in [6.07, 6.45) is 1.09. The molecular formula is C13H20Cl2N2O2. The van der Waals surface area contributed by atoms with Gasteiger partial charge >= 0.3 is 0 Å². The van der Waals surface area contributed by atoms with E-state index in [1.807, 2.05) is 0 Å². The third-order valence-corrected chi connectivity index (χ3v) is 2.49. The van der Waals surface area contributed by atoms with Crippen LogP contribution in [-0.2, 0) is 4.79 Å². The molecule has 0 spiro atoms. The van der Waals surface area contributed by atoms with Crippen LogP contribution in [0.3, 0.4) is 0 Å². The molecule has 0 heterocycles. The van der Waals surface area contributed by atoms with Gasteiger partial charge in [-0.05, 0) is 37.2 Å². The van der Waals surface area contributed by atoms with E-state index in [1.54, 1.807) is 24.3 Å². The van der Waals surface area contributed by atoms with E-state index in [2.05, 4.69) is 17.6 Å². The molecule has 0 aliphatic carbocycles. The van der Waals surface area contributed by atoms with Crippen LogP contribution in [-0.4, -0.2) is 32.1 Å². The minimum absolute atomic E-state index is 0. The summed E-state index contributed by atoms with van der Waals surface area (Å²) in [6.45, 7) is 4.49. The number of halogens is 2. The van der Waals surface area contributed by atoms with Crippen molar-refractivity contribution in [2.45, 2.75) is 13.3 Å². The van der Waals surface area contributed by atoms with Gasteiger partial charge in [0.15, 0.2) is 6.61 Å². The summed E-state index contributed by atoms with van der Waals surface area (Å²) >= 11 is 5.74. The monoisotopic (exact) mass is 306 g/mol. The Labute approximate surface area is 125 Å². The van der Waals surface area contributed by atoms with Crippen molar-refractivity contribution in [3.63, 3.8) is 0 Å². The van der Waals surface area contributed by atoms with Crippen LogP contribution in [0.2, 0.25) is 5.02 Å². The highest BCUT2D eigenvalue weighted by molar-refractivity contribution is 6.30. The first-order chi connectivity index (χ1) is 8.72. The SMILES string of the molecule is CCCNCCNC(=O)COc1ccc(Cl)cc1.Cl. The molecule has 0 bridgehead atoms. The van der Waals surface area contributed by atoms with Crippen LogP contribution < -0.4 is 15.4 Å². The zero-order valence-electron chi connectivity index (χ0n) is 10.9. The molecular weight excluding hydrogens is 287 g/mol. The maximum Gasteiger partial charge on any atom is 0.257 e. The lowest BCUT2D eigenvalue weighted by Gasteiger charge is -2.08. The summed E-state index contributed by atoms with van der Waals surface area (Å²) < 4.78 is 5.31. The van der Waals surface area contributed by atoms with Crippen molar-refractivity contribution >= 4 is 29.9 Å². The lowest BCUT2D eigenvalue weighted by molar-refractivity contribution is -0.123. The topological polar surface area (TPSA) is 50.4 Å². The largest absolute Gasteiger partial charge is 0.484 e. The number of nitrogens with one attached hydrogen (secondary N) is 2. The minimum atomic E-state index is -0.122. The van der Waals surface area contributed by atoms with Gasteiger partial charge in [-0.2, -0.15) is 0 Å². The van der Waals surface area contributed by atoms with Crippen molar-refractivity contribution < 1.29 is 9.53 Å². The van der Waals surface area contributed by atoms with Gasteiger partial charge in [0, 0.05) is 18.1 Å². The number of rotatable bonds is 8. The van der Waals surface area contributed by atoms with Crippen LogP contribution in [0, 0.1) is 0 Å². The van der Waals surface area contributed by atoms with Crippen molar-refractivity contribution in [1.82, 2.24) is 10.6 Å². The summed E-state index contributed by atoms with van der Waals surface area (Å²) in [4.78, 5) is 11.4. The van der Waals surface area contributed by atoms with E-state index in [0.29, 0.717) is 17.3 Å². The number of benzene rings is 1. The molecule has 4 nitrogen and oxygen atoms in total. The number of hydrogen-bond donors (Lipinski definition) is 2. The summed E-state index contributed by atoms with van der Waals surface area (Å²) in [5.74, 6) is 0.516. The van der Waals surface area contributed by atoms with Gasteiger partial charge in [0.2, 0.25) is 0 Å². The maximum absolute atomic E-state index is 11.4. The Morgan fingerprint density at radius 1 is 1.21 bits per heavy atom. The number of carbonyl (C=O) groups is 1. The number of carbonyl (C=O) groups excluding carboxylic acids is 1. The second-order valence-electron chi connectivity index (χ2n) is 3.84. The molecule has 108 valence electrons. The average Bonchev–Trinajstić information content (AvgIpc) is 2.38. The molecule has 0 saturated heterocycles. The van der Waals surface area contributed by atoms with E-state index in [9.17, 15) is 4.79 Å². The Morgan fingerprint density at radius 3 is 2.53 bits per heavy atom. The van der Waals surface area contributed by atoms with E-state index >= 15 is 0 Å². The molecule has 1 aromatic carbocycles. The fraction of sp³-hybridized carbons (Fsp3) is 0.462. The van der Waals surface area contributed by atoms with Crippen molar-refractivity contribution in [1.29, 1.82) is 0 Å². The lowest BCUT2D eigenvalue weighted by Crippen LogP contribution is -2.34. The summed E-state index contributed by atoms with van der Waals surface area (Å²) in [5, 5.41) is 6.62. The highest BCUT2D eigenvalue weighted by atomic mass is 35.5. The molecule has 19 heavy (non-hydrogen) atoms. The summed E-state index contributed by atoms with van der Waals surface area (Å²) in [5.41, 5.74) is 0. The van der Waals surface area contributed by atoms with E-state index in [4.69, 9.17) is 16.3 Å². The molecule has 0 fully saturated rings. The molecule has 1 amide bonds. The Hall–Kier alpha value is -0.970. The highest BCUT2D eigenvalue weighted by Crippen LogP contribution is 2.15. The first-order valence-electron chi connectivity index (χ1n) is 6.08. The van der Waals surface area contributed by atoms with Gasteiger partial charge in [0.25, 0.3) is 5.91 Å². The van der Waals surface area contributed by atoms with E-state index in [0.717, 1.165) is 19.5 Å². The van der Waals surface area contributed by atoms with E-state index in [-0.39, 0.29) is 24.9 Å². The smallest absolute Gasteiger partial charge is 0.257 e. The van der Waals surface area contributed by atoms with Gasteiger partial charge in [-0.1, -0.05) is 18.5 Å². The average molecular weight is 307 g/mol. The molecule has 0 aliphatic heterocycles. The van der Waals surface area contributed by atoms with Crippen molar-refractivity contribution in [3.05, 3.63) is 29.3 Å². The van der Waals surface area contributed by atoms with Crippen LogP contribution in [0.25, 0.3) is 0 Å². The number of amides is 1. The first-order valence-corrected chi connectivity index (χ1v) is 6.46. The predicted molar refractivity (Wildman–Crippen MR) is 80.4 cm³/mol. The fourth-order valence-corrected chi connectivity index (χ4v) is 1.45. The standard InChI is InChI=1S/C13H19ClN2O2.ClH/c1-2-7-15-8-9-16-13(17)10-18-12-5-3-11(14)4-6-12;/h3-6,15H,2,7-10H2,1H3,(H,16,17);1H. The van der Waals surface area contributed by atoms with E-state index in [1.165, 1.54) is 0 Å². The fourth-order valence-electron chi connectivity index (χ4n) is 1.32. The zero-order chi connectivity index (χ0) is 13.2. The van der Waals surface area contributed by atoms with Crippen LogP contribution in [0.1, 0.15) is 13.3 Å². The van der Waals surface area contributed by atoms with Gasteiger partial charge in [-0.15, -0.1) is 12.4 Å². The molecule has 1 rings (SSSR count). The molecule has 0 unspecified atom stereocenters. The molecule has 0 atom stereocenters. The number of hydrogen-bond acceptors (Lipinski definition) is 3. The maximum atomic E-state index is 11.4. The van der Waals surface area contributed by atoms with Gasteiger partial charge in [0.1, 0.15) is 5.75 Å². The van der Waals surface area contributed by atoms with Gasteiger partial charge in [-0.25, -0.2) is 0 Å². The van der Waals surface area contributed by atoms with Crippen LogP contribution >= 0.6 is 24.0 Å². The van der Waals surface area contributed by atoms with Crippen molar-refractivity contribution in [2.75, 3.05) is 26.2 Å². The predicted octanol–water partition coefficient (Wildman–Crippen LogP) is 2.26. The third-order valence-electron chi connectivity index (χ3n) is 2.23. The lowest BCUT2D eigenvalue weighted by atomic mass is 10.3. The Bertz CT molecular complexity index is 358. The third kappa shape index (κ3) is 8.70. The number of ether oxygens (including phenoxy) is 1. The Kier molecular flexibility index (Phi) is 10.4. The quantitative estimate of drug-likeness (QED) is 0.724. The minimum Gasteiger partial charge on any atom is -0.484 e. The van der Waals surface area contributed by atoms with Crippen molar-refractivity contribution in [3.8, 4) is 5.75 Å². The van der Waals surface area contributed by atoms with E-state index < -0.39 is 0 Å². The van der Waals surface area contributed by atoms with Crippen molar-refractivity contribution in [2.24, 2.45) is 0 Å². The van der Waals surface area contributed by atoms with Crippen LogP contribution in [0.5, 0.6) is 5.75 Å². The Balaban J connectivity index is 0.00000324. The van der Waals surface area contributed by atoms with Crippen LogP contribution in [0.4, 0.5) is 0 Å². The van der Waals surface area contributed by atoms with Gasteiger partial charge in [-0.3, -0.25) is 4.79 Å². The normalized spacial score (nSPS) is 9.58. The Morgan fingerprint density at radius 2 is 1.89 bits per heavy atom. The zero-order valence-corrected chi connectivity index (χ0v) is 12.5.